The summed E-state index contributed by atoms with van der Waals surface area (Å²) in [6, 6.07) is 8.20. The third-order valence-electron chi connectivity index (χ3n) is 4.74. The Labute approximate surface area is 124 Å². The van der Waals surface area contributed by atoms with Gasteiger partial charge in [-0.15, -0.1) is 0 Å². The molecular formula is C16H21N3O2. The van der Waals surface area contributed by atoms with Crippen molar-refractivity contribution >= 4 is 17.5 Å². The highest BCUT2D eigenvalue weighted by Crippen LogP contribution is 2.40. The lowest BCUT2D eigenvalue weighted by Gasteiger charge is -2.30. The van der Waals surface area contributed by atoms with E-state index in [-0.39, 0.29) is 30.3 Å². The number of anilines is 1. The SMILES string of the molecule is NCC1(c2ccc(N3CC(=O)NC(=O)C3)cc2)CCCC1. The van der Waals surface area contributed by atoms with Crippen molar-refractivity contribution in [1.82, 2.24) is 5.32 Å². The summed E-state index contributed by atoms with van der Waals surface area (Å²) in [5.41, 5.74) is 8.32. The van der Waals surface area contributed by atoms with E-state index >= 15 is 0 Å². The molecule has 3 N–H and O–H groups in total. The van der Waals surface area contributed by atoms with Gasteiger partial charge in [-0.25, -0.2) is 0 Å². The lowest BCUT2D eigenvalue weighted by Crippen LogP contribution is -2.51. The molecule has 1 aliphatic carbocycles. The van der Waals surface area contributed by atoms with Crippen LogP contribution in [0.1, 0.15) is 31.2 Å². The molecule has 0 bridgehead atoms. The largest absolute Gasteiger partial charge is 0.353 e. The van der Waals surface area contributed by atoms with Gasteiger partial charge < -0.3 is 10.6 Å². The minimum absolute atomic E-state index is 0.119. The number of nitrogens with zero attached hydrogens (tertiary/aromatic N) is 1. The first-order chi connectivity index (χ1) is 10.1. The van der Waals surface area contributed by atoms with Crippen LogP contribution in [0.15, 0.2) is 24.3 Å². The van der Waals surface area contributed by atoms with E-state index in [0.717, 1.165) is 18.5 Å². The summed E-state index contributed by atoms with van der Waals surface area (Å²) in [6.45, 7) is 1.14. The van der Waals surface area contributed by atoms with Gasteiger partial charge in [-0.05, 0) is 30.5 Å². The Bertz CT molecular complexity index is 531. The van der Waals surface area contributed by atoms with Gasteiger partial charge in [-0.3, -0.25) is 14.9 Å². The van der Waals surface area contributed by atoms with Gasteiger partial charge in [0.15, 0.2) is 0 Å². The molecule has 2 aliphatic rings. The number of carbonyl (C=O) groups is 2. The molecule has 5 heteroatoms. The minimum Gasteiger partial charge on any atom is -0.353 e. The van der Waals surface area contributed by atoms with Crippen LogP contribution in [0.5, 0.6) is 0 Å². The molecular weight excluding hydrogens is 266 g/mol. The summed E-state index contributed by atoms with van der Waals surface area (Å²) in [7, 11) is 0. The van der Waals surface area contributed by atoms with E-state index in [2.05, 4.69) is 17.4 Å². The van der Waals surface area contributed by atoms with Crippen LogP contribution in [-0.4, -0.2) is 31.4 Å². The van der Waals surface area contributed by atoms with Crippen molar-refractivity contribution in [3.05, 3.63) is 29.8 Å². The fourth-order valence-electron chi connectivity index (χ4n) is 3.51. The zero-order valence-electron chi connectivity index (χ0n) is 12.1. The lowest BCUT2D eigenvalue weighted by atomic mass is 9.79. The summed E-state index contributed by atoms with van der Waals surface area (Å²) >= 11 is 0. The Morgan fingerprint density at radius 1 is 1.05 bits per heavy atom. The van der Waals surface area contributed by atoms with E-state index < -0.39 is 0 Å². The van der Waals surface area contributed by atoms with Crippen LogP contribution in [0, 0.1) is 0 Å². The normalized spacial score (nSPS) is 21.5. The van der Waals surface area contributed by atoms with Gasteiger partial charge in [0.2, 0.25) is 11.8 Å². The number of imide groups is 1. The fourth-order valence-corrected chi connectivity index (χ4v) is 3.51. The van der Waals surface area contributed by atoms with E-state index in [9.17, 15) is 9.59 Å². The van der Waals surface area contributed by atoms with E-state index in [0.29, 0.717) is 6.54 Å². The van der Waals surface area contributed by atoms with Crippen molar-refractivity contribution in [2.75, 3.05) is 24.5 Å². The van der Waals surface area contributed by atoms with E-state index in [1.165, 1.54) is 18.4 Å². The number of nitrogens with two attached hydrogens (primary N) is 1. The molecule has 21 heavy (non-hydrogen) atoms. The molecule has 1 saturated heterocycles. The van der Waals surface area contributed by atoms with Gasteiger partial charge in [0.1, 0.15) is 0 Å². The molecule has 0 spiro atoms. The molecule has 1 aromatic carbocycles. The van der Waals surface area contributed by atoms with Crippen molar-refractivity contribution in [3.63, 3.8) is 0 Å². The maximum absolute atomic E-state index is 11.4. The van der Waals surface area contributed by atoms with E-state index in [1.807, 2.05) is 12.1 Å². The molecule has 2 amide bonds. The molecule has 5 nitrogen and oxygen atoms in total. The average Bonchev–Trinajstić information content (AvgIpc) is 2.96. The number of carbonyl (C=O) groups excluding carboxylic acids is 2. The number of nitrogens with one attached hydrogen (secondary N) is 1. The van der Waals surface area contributed by atoms with Crippen molar-refractivity contribution in [1.29, 1.82) is 0 Å². The number of benzene rings is 1. The quantitative estimate of drug-likeness (QED) is 0.811. The number of hydrogen-bond donors (Lipinski definition) is 2. The zero-order chi connectivity index (χ0) is 14.9. The predicted molar refractivity (Wildman–Crippen MR) is 81.0 cm³/mol. The Hall–Kier alpha value is -1.88. The Morgan fingerprint density at radius 3 is 2.14 bits per heavy atom. The van der Waals surface area contributed by atoms with Crippen molar-refractivity contribution in [2.24, 2.45) is 5.73 Å². The molecule has 0 atom stereocenters. The molecule has 0 aromatic heterocycles. The second kappa shape index (κ2) is 5.48. The van der Waals surface area contributed by atoms with Crippen LogP contribution in [0.25, 0.3) is 0 Å². The van der Waals surface area contributed by atoms with Crippen LogP contribution >= 0.6 is 0 Å². The van der Waals surface area contributed by atoms with E-state index in [1.54, 1.807) is 4.90 Å². The molecule has 0 radical (unpaired) electrons. The van der Waals surface area contributed by atoms with Crippen LogP contribution in [-0.2, 0) is 15.0 Å². The predicted octanol–water partition coefficient (Wildman–Crippen LogP) is 0.920. The van der Waals surface area contributed by atoms with Crippen LogP contribution < -0.4 is 16.0 Å². The first kappa shape index (κ1) is 14.1. The van der Waals surface area contributed by atoms with Gasteiger partial charge in [-0.2, -0.15) is 0 Å². The van der Waals surface area contributed by atoms with Gasteiger partial charge in [0, 0.05) is 17.6 Å². The summed E-state index contributed by atoms with van der Waals surface area (Å²) in [5.74, 6) is -0.492. The van der Waals surface area contributed by atoms with Gasteiger partial charge in [-0.1, -0.05) is 25.0 Å². The zero-order valence-corrected chi connectivity index (χ0v) is 12.1. The average molecular weight is 287 g/mol. The molecule has 0 unspecified atom stereocenters. The summed E-state index contributed by atoms with van der Waals surface area (Å²) in [6.07, 6.45) is 4.76. The standard InChI is InChI=1S/C16H21N3O2/c17-11-16(7-1-2-8-16)12-3-5-13(6-4-12)19-9-14(20)18-15(21)10-19/h3-6H,1-2,7-11,17H2,(H,18,20,21). The first-order valence-electron chi connectivity index (χ1n) is 7.51. The second-order valence-electron chi connectivity index (χ2n) is 6.07. The Kier molecular flexibility index (Phi) is 3.68. The minimum atomic E-state index is -0.246. The molecule has 3 rings (SSSR count). The lowest BCUT2D eigenvalue weighted by molar-refractivity contribution is -0.130. The van der Waals surface area contributed by atoms with Crippen LogP contribution in [0.3, 0.4) is 0 Å². The van der Waals surface area contributed by atoms with Crippen molar-refractivity contribution in [2.45, 2.75) is 31.1 Å². The summed E-state index contributed by atoms with van der Waals surface area (Å²) in [5, 5.41) is 2.31. The first-order valence-corrected chi connectivity index (χ1v) is 7.51. The smallest absolute Gasteiger partial charge is 0.246 e. The molecule has 2 fully saturated rings. The maximum atomic E-state index is 11.4. The van der Waals surface area contributed by atoms with Gasteiger partial charge in [0.25, 0.3) is 0 Å². The van der Waals surface area contributed by atoms with Crippen LogP contribution in [0.2, 0.25) is 0 Å². The maximum Gasteiger partial charge on any atom is 0.246 e. The topological polar surface area (TPSA) is 75.4 Å². The molecule has 1 aliphatic heterocycles. The summed E-state index contributed by atoms with van der Waals surface area (Å²) in [4.78, 5) is 24.7. The monoisotopic (exact) mass is 287 g/mol. The Balaban J connectivity index is 1.80. The van der Waals surface area contributed by atoms with Gasteiger partial charge >= 0.3 is 0 Å². The number of piperazine rings is 1. The molecule has 1 heterocycles. The number of hydrogen-bond acceptors (Lipinski definition) is 4. The summed E-state index contributed by atoms with van der Waals surface area (Å²) < 4.78 is 0. The van der Waals surface area contributed by atoms with Gasteiger partial charge in [0.05, 0.1) is 13.1 Å². The van der Waals surface area contributed by atoms with E-state index in [4.69, 9.17) is 5.73 Å². The third-order valence-corrected chi connectivity index (χ3v) is 4.74. The third kappa shape index (κ3) is 2.65. The van der Waals surface area contributed by atoms with Crippen molar-refractivity contribution < 1.29 is 9.59 Å². The molecule has 1 aromatic rings. The number of amides is 2. The highest BCUT2D eigenvalue weighted by molar-refractivity contribution is 6.02. The Morgan fingerprint density at radius 2 is 1.62 bits per heavy atom. The molecule has 112 valence electrons. The highest BCUT2D eigenvalue weighted by atomic mass is 16.2. The highest BCUT2D eigenvalue weighted by Gasteiger charge is 2.34. The number of rotatable bonds is 3. The second-order valence-corrected chi connectivity index (χ2v) is 6.07. The van der Waals surface area contributed by atoms with Crippen molar-refractivity contribution in [3.8, 4) is 0 Å². The molecule has 1 saturated carbocycles. The van der Waals surface area contributed by atoms with Crippen LogP contribution in [0.4, 0.5) is 5.69 Å². The fraction of sp³-hybridized carbons (Fsp3) is 0.500.